The fraction of sp³-hybridized carbons (Fsp3) is 0. The van der Waals surface area contributed by atoms with Crippen LogP contribution < -0.4 is 0 Å². The van der Waals surface area contributed by atoms with Gasteiger partial charge < -0.3 is 0 Å². The summed E-state index contributed by atoms with van der Waals surface area (Å²) in [5.74, 6) is 0.678. The zero-order valence-corrected chi connectivity index (χ0v) is 33.8. The van der Waals surface area contributed by atoms with Crippen LogP contribution in [-0.4, -0.2) is 9.97 Å². The summed E-state index contributed by atoms with van der Waals surface area (Å²) in [6, 6.07) is 83.1. The SMILES string of the molecule is c1ccc(-c2cccc(-c3cc(-c4ccccc4)nc(-c4cc(-c5ccc6c7ccccc7c7ccccc7c6c5)cc(-c5cc6ccccc6c6ccccc56)c4)n3)c2)cc1. The Morgan fingerprint density at radius 1 is 0.210 bits per heavy atom. The minimum absolute atomic E-state index is 0.678. The molecule has 0 aliphatic carbocycles. The summed E-state index contributed by atoms with van der Waals surface area (Å²) < 4.78 is 0. The maximum Gasteiger partial charge on any atom is 0.160 e. The molecule has 1 aromatic heterocycles. The van der Waals surface area contributed by atoms with Gasteiger partial charge in [-0.2, -0.15) is 0 Å². The fourth-order valence-electron chi connectivity index (χ4n) is 9.43. The van der Waals surface area contributed by atoms with Crippen LogP contribution in [0.3, 0.4) is 0 Å². The molecule has 0 aliphatic rings. The largest absolute Gasteiger partial charge is 0.228 e. The monoisotopic (exact) mass is 786 g/mol. The Morgan fingerprint density at radius 2 is 0.661 bits per heavy atom. The van der Waals surface area contributed by atoms with Crippen LogP contribution in [0.4, 0.5) is 0 Å². The van der Waals surface area contributed by atoms with Gasteiger partial charge in [0.2, 0.25) is 0 Å². The van der Waals surface area contributed by atoms with Crippen molar-refractivity contribution in [2.75, 3.05) is 0 Å². The number of hydrogen-bond donors (Lipinski definition) is 0. The average molecular weight is 787 g/mol. The van der Waals surface area contributed by atoms with Crippen LogP contribution in [-0.2, 0) is 0 Å². The van der Waals surface area contributed by atoms with Crippen LogP contribution in [0.15, 0.2) is 231 Å². The Bertz CT molecular complexity index is 3650. The molecule has 0 atom stereocenters. The predicted octanol–water partition coefficient (Wildman–Crippen LogP) is 16.2. The highest BCUT2D eigenvalue weighted by Crippen LogP contribution is 2.42. The van der Waals surface area contributed by atoms with Crippen molar-refractivity contribution >= 4 is 53.9 Å². The summed E-state index contributed by atoms with van der Waals surface area (Å²) in [6.07, 6.45) is 0. The minimum Gasteiger partial charge on any atom is -0.228 e. The van der Waals surface area contributed by atoms with Gasteiger partial charge in [0.05, 0.1) is 11.4 Å². The lowest BCUT2D eigenvalue weighted by Gasteiger charge is -2.16. The van der Waals surface area contributed by atoms with Gasteiger partial charge in [0, 0.05) is 16.7 Å². The number of fused-ring (bicyclic) bond motifs is 9. The molecule has 0 radical (unpaired) electrons. The van der Waals surface area contributed by atoms with E-state index in [2.05, 4.69) is 231 Å². The van der Waals surface area contributed by atoms with Crippen LogP contribution in [0.2, 0.25) is 0 Å². The first-order valence-electron chi connectivity index (χ1n) is 21.2. The van der Waals surface area contributed by atoms with Crippen molar-refractivity contribution in [2.45, 2.75) is 0 Å². The van der Waals surface area contributed by atoms with Gasteiger partial charge in [-0.3, -0.25) is 0 Å². The highest BCUT2D eigenvalue weighted by Gasteiger charge is 2.17. The third-order valence-electron chi connectivity index (χ3n) is 12.4. The van der Waals surface area contributed by atoms with E-state index in [0.29, 0.717) is 5.82 Å². The van der Waals surface area contributed by atoms with Crippen molar-refractivity contribution in [1.82, 2.24) is 9.97 Å². The van der Waals surface area contributed by atoms with E-state index in [1.165, 1.54) is 65.0 Å². The zero-order chi connectivity index (χ0) is 41.0. The van der Waals surface area contributed by atoms with Gasteiger partial charge in [-0.05, 0) is 130 Å². The van der Waals surface area contributed by atoms with Crippen molar-refractivity contribution in [3.8, 4) is 67.3 Å². The standard InChI is InChI=1S/C60H38N2/c1-3-16-39(17-4-1)41-21-15-22-44(32-41)59-38-58(40-18-5-2-6-19-40)61-60(62-59)47-34-45(33-46(35-47)56-37-43-20-7-8-23-48(43)49-24-9-13-28-53(49)56)42-30-31-55-52-27-11-10-25-50(52)51-26-12-14-29-54(51)57(55)36-42/h1-38H. The van der Waals surface area contributed by atoms with E-state index < -0.39 is 0 Å². The number of aromatic nitrogens is 2. The minimum atomic E-state index is 0.678. The molecule has 1 heterocycles. The van der Waals surface area contributed by atoms with E-state index in [1.807, 2.05) is 0 Å². The molecule has 0 saturated heterocycles. The average Bonchev–Trinajstić information content (AvgIpc) is 3.36. The smallest absolute Gasteiger partial charge is 0.160 e. The molecule has 288 valence electrons. The van der Waals surface area contributed by atoms with E-state index in [0.717, 1.165) is 50.3 Å². The third kappa shape index (κ3) is 6.20. The molecule has 62 heavy (non-hydrogen) atoms. The van der Waals surface area contributed by atoms with Crippen molar-refractivity contribution < 1.29 is 0 Å². The van der Waals surface area contributed by atoms with Gasteiger partial charge in [-0.1, -0.05) is 188 Å². The van der Waals surface area contributed by atoms with E-state index >= 15 is 0 Å². The first-order valence-corrected chi connectivity index (χ1v) is 21.2. The van der Waals surface area contributed by atoms with Crippen LogP contribution in [0.1, 0.15) is 0 Å². The molecular formula is C60H38N2. The molecule has 0 spiro atoms. The maximum absolute atomic E-state index is 5.43. The highest BCUT2D eigenvalue weighted by molar-refractivity contribution is 6.25. The van der Waals surface area contributed by atoms with Gasteiger partial charge in [-0.15, -0.1) is 0 Å². The van der Waals surface area contributed by atoms with Crippen molar-refractivity contribution in [3.05, 3.63) is 231 Å². The van der Waals surface area contributed by atoms with E-state index in [9.17, 15) is 0 Å². The van der Waals surface area contributed by atoms with E-state index in [4.69, 9.17) is 9.97 Å². The van der Waals surface area contributed by atoms with Gasteiger partial charge in [-0.25, -0.2) is 9.97 Å². The first-order chi connectivity index (χ1) is 30.7. The molecular weight excluding hydrogens is 749 g/mol. The molecule has 0 fully saturated rings. The number of benzene rings is 11. The number of rotatable bonds is 6. The van der Waals surface area contributed by atoms with Crippen LogP contribution in [0.5, 0.6) is 0 Å². The second-order valence-electron chi connectivity index (χ2n) is 16.1. The Balaban J connectivity index is 1.12. The fourth-order valence-corrected chi connectivity index (χ4v) is 9.43. The van der Waals surface area contributed by atoms with Crippen LogP contribution in [0, 0.1) is 0 Å². The lowest BCUT2D eigenvalue weighted by atomic mass is 9.89. The Morgan fingerprint density at radius 3 is 1.35 bits per heavy atom. The lowest BCUT2D eigenvalue weighted by Crippen LogP contribution is -1.97. The number of nitrogens with zero attached hydrogens (tertiary/aromatic N) is 2. The topological polar surface area (TPSA) is 25.8 Å². The molecule has 0 unspecified atom stereocenters. The molecule has 11 aromatic carbocycles. The van der Waals surface area contributed by atoms with E-state index in [1.54, 1.807) is 0 Å². The summed E-state index contributed by atoms with van der Waals surface area (Å²) in [7, 11) is 0. The van der Waals surface area contributed by atoms with Crippen molar-refractivity contribution in [3.63, 3.8) is 0 Å². The second-order valence-corrected chi connectivity index (χ2v) is 16.1. The summed E-state index contributed by atoms with van der Waals surface area (Å²) >= 11 is 0. The molecule has 0 aliphatic heterocycles. The van der Waals surface area contributed by atoms with Crippen LogP contribution in [0.25, 0.3) is 121 Å². The Hall–Kier alpha value is -8.20. The van der Waals surface area contributed by atoms with Crippen molar-refractivity contribution in [2.24, 2.45) is 0 Å². The van der Waals surface area contributed by atoms with Crippen molar-refractivity contribution in [1.29, 1.82) is 0 Å². The molecule has 0 amide bonds. The van der Waals surface area contributed by atoms with E-state index in [-0.39, 0.29) is 0 Å². The molecule has 0 saturated carbocycles. The molecule has 2 nitrogen and oxygen atoms in total. The van der Waals surface area contributed by atoms with Crippen LogP contribution >= 0.6 is 0 Å². The van der Waals surface area contributed by atoms with Gasteiger partial charge in [0.15, 0.2) is 5.82 Å². The zero-order valence-electron chi connectivity index (χ0n) is 33.8. The normalized spacial score (nSPS) is 11.5. The summed E-state index contributed by atoms with van der Waals surface area (Å²) in [5.41, 5.74) is 11.6. The first kappa shape index (κ1) is 35.7. The summed E-state index contributed by atoms with van der Waals surface area (Å²) in [4.78, 5) is 10.8. The Kier molecular flexibility index (Phi) is 8.53. The predicted molar refractivity (Wildman–Crippen MR) is 262 cm³/mol. The lowest BCUT2D eigenvalue weighted by molar-refractivity contribution is 1.18. The van der Waals surface area contributed by atoms with Gasteiger partial charge in [0.1, 0.15) is 0 Å². The van der Waals surface area contributed by atoms with Gasteiger partial charge >= 0.3 is 0 Å². The molecule has 12 aromatic rings. The maximum atomic E-state index is 5.43. The molecule has 12 rings (SSSR count). The molecule has 0 N–H and O–H groups in total. The second kappa shape index (κ2) is 14.8. The highest BCUT2D eigenvalue weighted by atomic mass is 14.9. The quantitative estimate of drug-likeness (QED) is 0.157. The third-order valence-corrected chi connectivity index (χ3v) is 12.4. The Labute approximate surface area is 360 Å². The molecule has 2 heteroatoms. The molecule has 0 bridgehead atoms. The summed E-state index contributed by atoms with van der Waals surface area (Å²) in [5, 5.41) is 12.4. The van der Waals surface area contributed by atoms with Gasteiger partial charge in [0.25, 0.3) is 0 Å². The number of hydrogen-bond acceptors (Lipinski definition) is 2. The summed E-state index contributed by atoms with van der Waals surface area (Å²) in [6.45, 7) is 0.